The molecule has 24 heavy (non-hydrogen) atoms. The van der Waals surface area contributed by atoms with Crippen LogP contribution in [0, 0.1) is 17.2 Å². The van der Waals surface area contributed by atoms with Gasteiger partial charge in [-0.3, -0.25) is 14.9 Å². The number of nitriles is 1. The Kier molecular flexibility index (Phi) is 4.25. The Balaban J connectivity index is 2.11. The second-order valence-corrected chi connectivity index (χ2v) is 5.53. The molecule has 120 valence electrons. The van der Waals surface area contributed by atoms with E-state index in [2.05, 4.69) is 5.32 Å². The summed E-state index contributed by atoms with van der Waals surface area (Å²) in [7, 11) is 1.56. The number of benzene rings is 1. The summed E-state index contributed by atoms with van der Waals surface area (Å²) in [5.74, 6) is -1.83. The summed E-state index contributed by atoms with van der Waals surface area (Å²) >= 11 is 0. The third kappa shape index (κ3) is 2.72. The van der Waals surface area contributed by atoms with E-state index >= 15 is 0 Å². The molecule has 0 unspecified atom stereocenters. The molecule has 0 saturated carbocycles. The summed E-state index contributed by atoms with van der Waals surface area (Å²) in [5.41, 5.74) is 0.743. The molecule has 2 heterocycles. The van der Waals surface area contributed by atoms with Crippen molar-refractivity contribution in [3.63, 3.8) is 0 Å². The van der Waals surface area contributed by atoms with Crippen LogP contribution < -0.4 is 14.6 Å². The van der Waals surface area contributed by atoms with Crippen molar-refractivity contribution in [1.82, 2.24) is 5.32 Å². The van der Waals surface area contributed by atoms with Gasteiger partial charge in [0.1, 0.15) is 11.7 Å². The van der Waals surface area contributed by atoms with Crippen LogP contribution >= 0.6 is 0 Å². The van der Waals surface area contributed by atoms with E-state index in [9.17, 15) is 14.9 Å². The lowest BCUT2D eigenvalue weighted by atomic mass is 9.77. The minimum atomic E-state index is -0.950. The van der Waals surface area contributed by atoms with Crippen molar-refractivity contribution in [1.29, 1.82) is 5.26 Å². The van der Waals surface area contributed by atoms with Crippen LogP contribution in [-0.4, -0.2) is 18.9 Å². The molecule has 1 aromatic carbocycles. The molecule has 3 atom stereocenters. The Morgan fingerprint density at radius 3 is 2.33 bits per heavy atom. The highest BCUT2D eigenvalue weighted by atomic mass is 16.5. The Hall–Kier alpha value is -3.20. The van der Waals surface area contributed by atoms with Gasteiger partial charge in [0.15, 0.2) is 12.4 Å². The average molecular weight is 322 g/mol. The fourth-order valence-corrected chi connectivity index (χ4v) is 3.04. The highest BCUT2D eigenvalue weighted by molar-refractivity contribution is 6.02. The van der Waals surface area contributed by atoms with Crippen LogP contribution in [0.3, 0.4) is 0 Å². The topological polar surface area (TPSA) is 83.1 Å². The summed E-state index contributed by atoms with van der Waals surface area (Å²) in [5, 5.41) is 11.8. The van der Waals surface area contributed by atoms with Crippen molar-refractivity contribution in [2.75, 3.05) is 7.11 Å². The van der Waals surface area contributed by atoms with Crippen LogP contribution in [0.25, 0.3) is 0 Å². The summed E-state index contributed by atoms with van der Waals surface area (Å²) < 4.78 is 6.87. The minimum absolute atomic E-state index is 0.413. The number of nitrogens with one attached hydrogen (secondary N) is 1. The first kappa shape index (κ1) is 15.7. The molecular formula is C18H16N3O3+. The highest BCUT2D eigenvalue weighted by Gasteiger charge is 2.50. The third-order valence-electron chi connectivity index (χ3n) is 4.20. The van der Waals surface area contributed by atoms with Gasteiger partial charge in [-0.25, -0.2) is 0 Å². The molecule has 2 amide bonds. The molecule has 0 aliphatic carbocycles. The number of methoxy groups -OCH3 is 1. The van der Waals surface area contributed by atoms with Crippen molar-refractivity contribution in [3.05, 3.63) is 60.4 Å². The van der Waals surface area contributed by atoms with Crippen molar-refractivity contribution in [2.24, 2.45) is 5.92 Å². The van der Waals surface area contributed by atoms with Crippen LogP contribution in [0.15, 0.2) is 54.9 Å². The van der Waals surface area contributed by atoms with Gasteiger partial charge in [0.2, 0.25) is 11.9 Å². The van der Waals surface area contributed by atoms with E-state index in [0.717, 1.165) is 5.56 Å². The molecule has 1 saturated heterocycles. The molecule has 0 radical (unpaired) electrons. The van der Waals surface area contributed by atoms with Gasteiger partial charge in [-0.1, -0.05) is 18.2 Å². The van der Waals surface area contributed by atoms with Crippen LogP contribution in [-0.2, 0) is 9.59 Å². The maximum absolute atomic E-state index is 12.5. The van der Waals surface area contributed by atoms with E-state index in [0.29, 0.717) is 5.75 Å². The lowest BCUT2D eigenvalue weighted by molar-refractivity contribution is -0.713. The number of carbonyl (C=O) groups is 2. The molecule has 1 fully saturated rings. The molecule has 1 aromatic heterocycles. The number of piperidine rings is 1. The van der Waals surface area contributed by atoms with E-state index < -0.39 is 29.7 Å². The van der Waals surface area contributed by atoms with Gasteiger partial charge in [-0.05, 0) is 17.7 Å². The first-order valence-electron chi connectivity index (χ1n) is 7.49. The molecule has 1 aliphatic heterocycles. The standard InChI is InChI=1S/C18H15N3O3/c1-24-13-7-5-12(6-8-13)15-14(11-19)17(22)20-18(23)16(15)21-9-3-2-4-10-21/h2-10,14-16H,1H3/p+1/t14-,15+,16-/m1/s1. The van der Waals surface area contributed by atoms with E-state index in [4.69, 9.17) is 4.74 Å². The third-order valence-corrected chi connectivity index (χ3v) is 4.20. The quantitative estimate of drug-likeness (QED) is 0.678. The van der Waals surface area contributed by atoms with E-state index in [-0.39, 0.29) is 0 Å². The van der Waals surface area contributed by atoms with Gasteiger partial charge in [0.05, 0.1) is 19.1 Å². The zero-order chi connectivity index (χ0) is 17.1. The molecular weight excluding hydrogens is 306 g/mol. The molecule has 1 N–H and O–H groups in total. The van der Waals surface area contributed by atoms with Crippen LogP contribution in [0.5, 0.6) is 5.75 Å². The summed E-state index contributed by atoms with van der Waals surface area (Å²) in [6, 6.07) is 13.9. The Labute approximate surface area is 139 Å². The van der Waals surface area contributed by atoms with E-state index in [1.807, 2.05) is 12.1 Å². The largest absolute Gasteiger partial charge is 0.497 e. The van der Waals surface area contributed by atoms with E-state index in [1.165, 1.54) is 0 Å². The number of carbonyl (C=O) groups excluding carboxylic acids is 2. The Bertz CT molecular complexity index is 797. The fourth-order valence-electron chi connectivity index (χ4n) is 3.04. The monoisotopic (exact) mass is 322 g/mol. The number of aromatic nitrogens is 1. The van der Waals surface area contributed by atoms with Gasteiger partial charge in [0, 0.05) is 12.1 Å². The molecule has 6 heteroatoms. The SMILES string of the molecule is COc1ccc([C@H]2[C@@H](C#N)C(=O)NC(=O)[C@@H]2[n+]2ccccc2)cc1. The number of pyridine rings is 1. The lowest BCUT2D eigenvalue weighted by Crippen LogP contribution is -2.59. The Morgan fingerprint density at radius 1 is 1.08 bits per heavy atom. The van der Waals surface area contributed by atoms with Gasteiger partial charge < -0.3 is 4.74 Å². The lowest BCUT2D eigenvalue weighted by Gasteiger charge is -2.30. The van der Waals surface area contributed by atoms with Crippen molar-refractivity contribution >= 4 is 11.8 Å². The van der Waals surface area contributed by atoms with Gasteiger partial charge >= 0.3 is 0 Å². The molecule has 0 spiro atoms. The zero-order valence-corrected chi connectivity index (χ0v) is 13.0. The molecule has 2 aromatic rings. The van der Waals surface area contributed by atoms with Gasteiger partial charge in [0.25, 0.3) is 5.91 Å². The number of amides is 2. The smallest absolute Gasteiger partial charge is 0.296 e. The first-order valence-corrected chi connectivity index (χ1v) is 7.49. The maximum Gasteiger partial charge on any atom is 0.296 e. The molecule has 1 aliphatic rings. The predicted octanol–water partition coefficient (Wildman–Crippen LogP) is 1.10. The summed E-state index contributed by atoms with van der Waals surface area (Å²) in [6.07, 6.45) is 3.51. The summed E-state index contributed by atoms with van der Waals surface area (Å²) in [4.78, 5) is 24.6. The van der Waals surface area contributed by atoms with Crippen molar-refractivity contribution in [3.8, 4) is 11.8 Å². The number of rotatable bonds is 3. The fraction of sp³-hybridized carbons (Fsp3) is 0.222. The number of nitrogens with zero attached hydrogens (tertiary/aromatic N) is 2. The average Bonchev–Trinajstić information content (AvgIpc) is 2.62. The Morgan fingerprint density at radius 2 is 1.75 bits per heavy atom. The normalized spacial score (nSPS) is 23.2. The summed E-state index contributed by atoms with van der Waals surface area (Å²) in [6.45, 7) is 0. The van der Waals surface area contributed by atoms with E-state index in [1.54, 1.807) is 60.5 Å². The maximum atomic E-state index is 12.5. The number of hydrogen-bond acceptors (Lipinski definition) is 4. The molecule has 3 rings (SSSR count). The molecule has 6 nitrogen and oxygen atoms in total. The minimum Gasteiger partial charge on any atom is -0.497 e. The van der Waals surface area contributed by atoms with Crippen LogP contribution in [0.4, 0.5) is 0 Å². The molecule has 0 bridgehead atoms. The number of hydrogen-bond donors (Lipinski definition) is 1. The van der Waals surface area contributed by atoms with Gasteiger partial charge in [-0.2, -0.15) is 9.83 Å². The number of ether oxygens (including phenoxy) is 1. The second-order valence-electron chi connectivity index (χ2n) is 5.53. The van der Waals surface area contributed by atoms with Gasteiger partial charge in [-0.15, -0.1) is 0 Å². The zero-order valence-electron chi connectivity index (χ0n) is 13.0. The van der Waals surface area contributed by atoms with Crippen molar-refractivity contribution < 1.29 is 18.9 Å². The predicted molar refractivity (Wildman–Crippen MR) is 83.7 cm³/mol. The number of imide groups is 1. The van der Waals surface area contributed by atoms with Crippen LogP contribution in [0.1, 0.15) is 17.5 Å². The second kappa shape index (κ2) is 6.50. The van der Waals surface area contributed by atoms with Crippen LogP contribution in [0.2, 0.25) is 0 Å². The highest BCUT2D eigenvalue weighted by Crippen LogP contribution is 2.36. The van der Waals surface area contributed by atoms with Crippen molar-refractivity contribution in [2.45, 2.75) is 12.0 Å². The first-order chi connectivity index (χ1) is 11.7.